The van der Waals surface area contributed by atoms with Crippen LogP contribution in [0.15, 0.2) is 24.3 Å². The second-order valence-electron chi connectivity index (χ2n) is 5.26. The highest BCUT2D eigenvalue weighted by atomic mass is 127. The van der Waals surface area contributed by atoms with Crippen molar-refractivity contribution < 1.29 is 14.4 Å². The number of carbonyl (C=O) groups is 3. The minimum Gasteiger partial charge on any atom is -0.325 e. The van der Waals surface area contributed by atoms with E-state index < -0.39 is 11.6 Å². The van der Waals surface area contributed by atoms with Crippen LogP contribution in [0.25, 0.3) is 0 Å². The van der Waals surface area contributed by atoms with Gasteiger partial charge in [-0.25, -0.2) is 4.79 Å². The molecule has 6 nitrogen and oxygen atoms in total. The topological polar surface area (TPSA) is 78.5 Å². The van der Waals surface area contributed by atoms with Gasteiger partial charge in [-0.05, 0) is 59.0 Å². The summed E-state index contributed by atoms with van der Waals surface area (Å²) < 4.78 is 1.06. The Morgan fingerprint density at radius 3 is 2.73 bits per heavy atom. The maximum atomic E-state index is 12.4. The first kappa shape index (κ1) is 15.6. The van der Waals surface area contributed by atoms with Gasteiger partial charge < -0.3 is 10.6 Å². The molecule has 0 saturated carbocycles. The van der Waals surface area contributed by atoms with Crippen LogP contribution in [0.4, 0.5) is 10.5 Å². The van der Waals surface area contributed by atoms with Crippen molar-refractivity contribution in [1.29, 1.82) is 0 Å². The first-order chi connectivity index (χ1) is 10.5. The molecule has 2 aliphatic rings. The van der Waals surface area contributed by atoms with Crippen molar-refractivity contribution >= 4 is 57.9 Å². The summed E-state index contributed by atoms with van der Waals surface area (Å²) in [5.41, 5.74) is -0.158. The minimum atomic E-state index is -0.801. The van der Waals surface area contributed by atoms with E-state index in [1.165, 1.54) is 0 Å². The molecule has 0 aliphatic carbocycles. The van der Waals surface area contributed by atoms with Crippen molar-refractivity contribution in [2.45, 2.75) is 12.0 Å². The standard InChI is InChI=1S/C14H14IN3O3S/c15-9-1-3-10(4-2-9)16-11(19)7-18-12(20)14(17-13(18)21)5-6-22-8-14/h1-4H,5-8H2,(H,16,19)(H,17,21). The molecule has 2 fully saturated rings. The summed E-state index contributed by atoms with van der Waals surface area (Å²) >= 11 is 3.81. The van der Waals surface area contributed by atoms with Gasteiger partial charge in [0.05, 0.1) is 0 Å². The molecule has 2 aliphatic heterocycles. The molecule has 0 aromatic heterocycles. The summed E-state index contributed by atoms with van der Waals surface area (Å²) in [7, 11) is 0. The molecular formula is C14H14IN3O3S. The molecule has 2 saturated heterocycles. The number of nitrogens with zero attached hydrogens (tertiary/aromatic N) is 1. The lowest BCUT2D eigenvalue weighted by Crippen LogP contribution is -2.47. The molecule has 4 amide bonds. The van der Waals surface area contributed by atoms with Gasteiger partial charge in [-0.3, -0.25) is 14.5 Å². The van der Waals surface area contributed by atoms with Crippen LogP contribution in [0.1, 0.15) is 6.42 Å². The zero-order valence-corrected chi connectivity index (χ0v) is 14.6. The summed E-state index contributed by atoms with van der Waals surface area (Å²) in [6, 6.07) is 6.81. The molecule has 2 heterocycles. The zero-order valence-electron chi connectivity index (χ0n) is 11.6. The predicted octanol–water partition coefficient (Wildman–Crippen LogP) is 1.66. The molecule has 2 N–H and O–H groups in total. The third-order valence-corrected chi connectivity index (χ3v) is 5.61. The van der Waals surface area contributed by atoms with Gasteiger partial charge in [0.15, 0.2) is 0 Å². The number of carbonyl (C=O) groups excluding carboxylic acids is 3. The Morgan fingerprint density at radius 1 is 1.36 bits per heavy atom. The van der Waals surface area contributed by atoms with Gasteiger partial charge in [0.25, 0.3) is 5.91 Å². The van der Waals surface area contributed by atoms with Gasteiger partial charge in [0.1, 0.15) is 12.1 Å². The molecule has 1 aromatic carbocycles. The maximum Gasteiger partial charge on any atom is 0.325 e. The molecule has 0 radical (unpaired) electrons. The maximum absolute atomic E-state index is 12.4. The molecule has 1 atom stereocenters. The lowest BCUT2D eigenvalue weighted by molar-refractivity contribution is -0.133. The van der Waals surface area contributed by atoms with Crippen LogP contribution < -0.4 is 10.6 Å². The number of nitrogens with one attached hydrogen (secondary N) is 2. The van der Waals surface area contributed by atoms with Gasteiger partial charge >= 0.3 is 6.03 Å². The third kappa shape index (κ3) is 2.94. The molecular weight excluding hydrogens is 417 g/mol. The molecule has 1 spiro atoms. The van der Waals surface area contributed by atoms with E-state index in [9.17, 15) is 14.4 Å². The van der Waals surface area contributed by atoms with Gasteiger partial charge in [-0.15, -0.1) is 0 Å². The Morgan fingerprint density at radius 2 is 2.09 bits per heavy atom. The quantitative estimate of drug-likeness (QED) is 0.564. The number of anilines is 1. The van der Waals surface area contributed by atoms with Crippen molar-refractivity contribution in [2.75, 3.05) is 23.4 Å². The van der Waals surface area contributed by atoms with Crippen LogP contribution in [-0.2, 0) is 9.59 Å². The molecule has 0 bridgehead atoms. The van der Waals surface area contributed by atoms with Crippen molar-refractivity contribution in [3.8, 4) is 0 Å². The van der Waals surface area contributed by atoms with Crippen molar-refractivity contribution in [3.63, 3.8) is 0 Å². The predicted molar refractivity (Wildman–Crippen MR) is 92.7 cm³/mol. The number of benzene rings is 1. The highest BCUT2D eigenvalue weighted by Gasteiger charge is 2.53. The highest BCUT2D eigenvalue weighted by molar-refractivity contribution is 14.1. The first-order valence-corrected chi connectivity index (χ1v) is 9.01. The Kier molecular flexibility index (Phi) is 4.31. The molecule has 22 heavy (non-hydrogen) atoms. The van der Waals surface area contributed by atoms with E-state index >= 15 is 0 Å². The number of amides is 4. The SMILES string of the molecule is O=C(CN1C(=O)NC2(CCSC2)C1=O)Nc1ccc(I)cc1. The monoisotopic (exact) mass is 431 g/mol. The number of halogens is 1. The van der Waals surface area contributed by atoms with Gasteiger partial charge in [-0.1, -0.05) is 0 Å². The normalized spacial score (nSPS) is 24.0. The zero-order chi connectivity index (χ0) is 15.7. The van der Waals surface area contributed by atoms with E-state index in [2.05, 4.69) is 33.2 Å². The Hall–Kier alpha value is -1.29. The van der Waals surface area contributed by atoms with Crippen LogP contribution >= 0.6 is 34.4 Å². The molecule has 1 aromatic rings. The summed E-state index contributed by atoms with van der Waals surface area (Å²) in [5.74, 6) is 0.745. The number of thioether (sulfide) groups is 1. The first-order valence-electron chi connectivity index (χ1n) is 6.77. The Labute approximate surface area is 145 Å². The summed E-state index contributed by atoms with van der Waals surface area (Å²) in [6.45, 7) is -0.261. The van der Waals surface area contributed by atoms with Gasteiger partial charge in [0.2, 0.25) is 5.91 Å². The van der Waals surface area contributed by atoms with Crippen LogP contribution in [0, 0.1) is 3.57 Å². The lowest BCUT2D eigenvalue weighted by Gasteiger charge is -2.19. The second kappa shape index (κ2) is 6.07. The third-order valence-electron chi connectivity index (χ3n) is 3.70. The lowest BCUT2D eigenvalue weighted by atomic mass is 9.99. The van der Waals surface area contributed by atoms with E-state index in [4.69, 9.17) is 0 Å². The van der Waals surface area contributed by atoms with E-state index in [0.29, 0.717) is 17.9 Å². The fourth-order valence-corrected chi connectivity index (χ4v) is 4.21. The summed E-state index contributed by atoms with van der Waals surface area (Å²) in [4.78, 5) is 37.5. The number of urea groups is 1. The highest BCUT2D eigenvalue weighted by Crippen LogP contribution is 2.33. The smallest absolute Gasteiger partial charge is 0.325 e. The second-order valence-corrected chi connectivity index (χ2v) is 7.61. The number of imide groups is 1. The largest absolute Gasteiger partial charge is 0.325 e. The van der Waals surface area contributed by atoms with Crippen molar-refractivity contribution in [3.05, 3.63) is 27.8 Å². The van der Waals surface area contributed by atoms with Gasteiger partial charge in [0, 0.05) is 15.0 Å². The average Bonchev–Trinajstić information content (AvgIpc) is 3.03. The van der Waals surface area contributed by atoms with E-state index in [1.807, 2.05) is 12.1 Å². The summed E-state index contributed by atoms with van der Waals surface area (Å²) in [5, 5.41) is 5.44. The van der Waals surface area contributed by atoms with E-state index in [-0.39, 0.29) is 18.4 Å². The van der Waals surface area contributed by atoms with Crippen LogP contribution in [0.2, 0.25) is 0 Å². The van der Waals surface area contributed by atoms with Crippen LogP contribution in [-0.4, -0.2) is 46.3 Å². The minimum absolute atomic E-state index is 0.261. The number of hydrogen-bond donors (Lipinski definition) is 2. The molecule has 8 heteroatoms. The Bertz CT molecular complexity index is 629. The van der Waals surface area contributed by atoms with Gasteiger partial charge in [-0.2, -0.15) is 11.8 Å². The molecule has 3 rings (SSSR count). The number of rotatable bonds is 3. The molecule has 1 unspecified atom stereocenters. The Balaban J connectivity index is 1.65. The van der Waals surface area contributed by atoms with Crippen molar-refractivity contribution in [1.82, 2.24) is 10.2 Å². The van der Waals surface area contributed by atoms with E-state index in [0.717, 1.165) is 14.2 Å². The summed E-state index contributed by atoms with van der Waals surface area (Å²) in [6.07, 6.45) is 0.623. The van der Waals surface area contributed by atoms with Crippen LogP contribution in [0.5, 0.6) is 0 Å². The fraction of sp³-hybridized carbons (Fsp3) is 0.357. The molecule has 116 valence electrons. The fourth-order valence-electron chi connectivity index (χ4n) is 2.53. The van der Waals surface area contributed by atoms with Crippen molar-refractivity contribution in [2.24, 2.45) is 0 Å². The number of hydrogen-bond acceptors (Lipinski definition) is 4. The average molecular weight is 431 g/mol. The van der Waals surface area contributed by atoms with E-state index in [1.54, 1.807) is 23.9 Å². The van der Waals surface area contributed by atoms with Crippen LogP contribution in [0.3, 0.4) is 0 Å².